The van der Waals surface area contributed by atoms with E-state index < -0.39 is 0 Å². The Morgan fingerprint density at radius 2 is 1.80 bits per heavy atom. The van der Waals surface area contributed by atoms with Gasteiger partial charge in [-0.2, -0.15) is 0 Å². The fourth-order valence-electron chi connectivity index (χ4n) is 2.44. The summed E-state index contributed by atoms with van der Waals surface area (Å²) in [5, 5.41) is 3.54. The minimum absolute atomic E-state index is 0.240. The number of hydrogen-bond donors (Lipinski definition) is 2. The second-order valence-electron chi connectivity index (χ2n) is 4.82. The second kappa shape index (κ2) is 7.01. The van der Waals surface area contributed by atoms with Gasteiger partial charge in [0.25, 0.3) is 0 Å². The Balaban J connectivity index is 2.29. The Labute approximate surface area is 120 Å². The third-order valence-corrected chi connectivity index (χ3v) is 3.51. The van der Waals surface area contributed by atoms with Crippen molar-refractivity contribution in [3.05, 3.63) is 53.6 Å². The summed E-state index contributed by atoms with van der Waals surface area (Å²) in [6, 6.07) is 4.19. The summed E-state index contributed by atoms with van der Waals surface area (Å²) in [7, 11) is 0. The third kappa shape index (κ3) is 3.33. The third-order valence-electron chi connectivity index (χ3n) is 3.51. The van der Waals surface area contributed by atoms with E-state index in [0.717, 1.165) is 30.6 Å². The van der Waals surface area contributed by atoms with E-state index in [-0.39, 0.29) is 6.04 Å². The van der Waals surface area contributed by atoms with Crippen LogP contribution >= 0.6 is 0 Å². The molecule has 0 radical (unpaired) electrons. The average molecular weight is 270 g/mol. The number of hydrogen-bond acceptors (Lipinski definition) is 4. The summed E-state index contributed by atoms with van der Waals surface area (Å²) in [6.07, 6.45) is 9.20. The van der Waals surface area contributed by atoms with Crippen molar-refractivity contribution in [3.8, 4) is 0 Å². The normalized spacial score (nSPS) is 12.3. The highest BCUT2D eigenvalue weighted by Gasteiger charge is 2.15. The van der Waals surface area contributed by atoms with Crippen LogP contribution in [0.3, 0.4) is 0 Å². The second-order valence-corrected chi connectivity index (χ2v) is 4.82. The van der Waals surface area contributed by atoms with Crippen LogP contribution in [0.25, 0.3) is 0 Å². The molecule has 2 heterocycles. The Morgan fingerprint density at radius 1 is 1.10 bits per heavy atom. The van der Waals surface area contributed by atoms with Crippen LogP contribution in [0.2, 0.25) is 0 Å². The number of rotatable bonds is 6. The molecule has 4 nitrogen and oxygen atoms in total. The van der Waals surface area contributed by atoms with Crippen LogP contribution in [0, 0.1) is 0 Å². The highest BCUT2D eigenvalue weighted by molar-refractivity contribution is 5.45. The van der Waals surface area contributed by atoms with E-state index in [4.69, 9.17) is 5.73 Å². The first-order valence-electron chi connectivity index (χ1n) is 7.10. The van der Waals surface area contributed by atoms with Gasteiger partial charge in [0.2, 0.25) is 0 Å². The highest BCUT2D eigenvalue weighted by Crippen LogP contribution is 2.24. The smallest absolute Gasteiger partial charge is 0.0378 e. The van der Waals surface area contributed by atoms with Crippen molar-refractivity contribution in [1.82, 2.24) is 15.3 Å². The molecule has 1 atom stereocenters. The van der Waals surface area contributed by atoms with Crippen LogP contribution in [-0.2, 0) is 12.8 Å². The molecule has 0 aromatic carbocycles. The minimum Gasteiger partial charge on any atom is -0.398 e. The van der Waals surface area contributed by atoms with E-state index in [0.29, 0.717) is 0 Å². The lowest BCUT2D eigenvalue weighted by molar-refractivity contribution is 0.545. The first kappa shape index (κ1) is 14.5. The largest absolute Gasteiger partial charge is 0.398 e. The standard InChI is InChI=1S/C16H22N4/c1-3-12-10-18-7-5-14(12)16(20-4-2)9-13-11-19-8-6-15(13)17/h5-8,10-11,16,20H,3-4,9H2,1-2H3,(H2,17,19). The predicted molar refractivity (Wildman–Crippen MR) is 82.4 cm³/mol. The maximum atomic E-state index is 6.03. The quantitative estimate of drug-likeness (QED) is 0.846. The fraction of sp³-hybridized carbons (Fsp3) is 0.375. The fourth-order valence-corrected chi connectivity index (χ4v) is 2.44. The molecule has 2 aromatic heterocycles. The molecule has 0 aliphatic heterocycles. The molecule has 2 aromatic rings. The summed E-state index contributed by atoms with van der Waals surface area (Å²) in [6.45, 7) is 5.19. The van der Waals surface area contributed by atoms with E-state index in [1.165, 1.54) is 11.1 Å². The van der Waals surface area contributed by atoms with Gasteiger partial charge in [-0.05, 0) is 48.2 Å². The van der Waals surface area contributed by atoms with Gasteiger partial charge in [0.15, 0.2) is 0 Å². The zero-order valence-electron chi connectivity index (χ0n) is 12.1. The van der Waals surface area contributed by atoms with Crippen molar-refractivity contribution < 1.29 is 0 Å². The molecule has 0 fully saturated rings. The molecule has 106 valence electrons. The number of anilines is 1. The zero-order chi connectivity index (χ0) is 14.4. The van der Waals surface area contributed by atoms with Crippen LogP contribution in [0.1, 0.15) is 36.6 Å². The molecule has 2 rings (SSSR count). The molecule has 0 aliphatic carbocycles. The summed E-state index contributed by atoms with van der Waals surface area (Å²) in [5.74, 6) is 0. The van der Waals surface area contributed by atoms with Gasteiger partial charge in [0.1, 0.15) is 0 Å². The number of pyridine rings is 2. The number of nitrogens with two attached hydrogens (primary N) is 1. The molecule has 0 spiro atoms. The van der Waals surface area contributed by atoms with Gasteiger partial charge >= 0.3 is 0 Å². The van der Waals surface area contributed by atoms with E-state index >= 15 is 0 Å². The van der Waals surface area contributed by atoms with Gasteiger partial charge < -0.3 is 11.1 Å². The molecular formula is C16H22N4. The Morgan fingerprint density at radius 3 is 2.45 bits per heavy atom. The summed E-state index contributed by atoms with van der Waals surface area (Å²) >= 11 is 0. The Bertz CT molecular complexity index is 554. The van der Waals surface area contributed by atoms with Gasteiger partial charge in [0, 0.05) is 36.5 Å². The van der Waals surface area contributed by atoms with E-state index in [9.17, 15) is 0 Å². The SMILES string of the molecule is CCNC(Cc1cnccc1N)c1ccncc1CC. The van der Waals surface area contributed by atoms with Crippen molar-refractivity contribution in [2.24, 2.45) is 0 Å². The molecule has 0 saturated carbocycles. The number of nitrogens with zero attached hydrogens (tertiary/aromatic N) is 2. The number of aryl methyl sites for hydroxylation is 1. The molecule has 4 heteroatoms. The van der Waals surface area contributed by atoms with Gasteiger partial charge in [0.05, 0.1) is 0 Å². The lowest BCUT2D eigenvalue weighted by Crippen LogP contribution is -2.24. The first-order valence-corrected chi connectivity index (χ1v) is 7.10. The van der Waals surface area contributed by atoms with Crippen LogP contribution in [0.15, 0.2) is 36.9 Å². The lowest BCUT2D eigenvalue weighted by Gasteiger charge is -2.21. The molecule has 20 heavy (non-hydrogen) atoms. The van der Waals surface area contributed by atoms with E-state index in [1.54, 1.807) is 6.20 Å². The zero-order valence-corrected chi connectivity index (χ0v) is 12.1. The Hall–Kier alpha value is -1.94. The number of nitrogens with one attached hydrogen (secondary N) is 1. The monoisotopic (exact) mass is 270 g/mol. The van der Waals surface area contributed by atoms with E-state index in [2.05, 4.69) is 35.2 Å². The average Bonchev–Trinajstić information content (AvgIpc) is 2.49. The molecular weight excluding hydrogens is 248 g/mol. The van der Waals surface area contributed by atoms with Crippen molar-refractivity contribution in [3.63, 3.8) is 0 Å². The van der Waals surface area contributed by atoms with Crippen molar-refractivity contribution in [2.75, 3.05) is 12.3 Å². The maximum Gasteiger partial charge on any atom is 0.0378 e. The molecule has 1 unspecified atom stereocenters. The highest BCUT2D eigenvalue weighted by atomic mass is 14.9. The van der Waals surface area contributed by atoms with Gasteiger partial charge in [-0.3, -0.25) is 9.97 Å². The molecule has 0 amide bonds. The molecule has 3 N–H and O–H groups in total. The van der Waals surface area contributed by atoms with Crippen molar-refractivity contribution >= 4 is 5.69 Å². The number of likely N-dealkylation sites (N-methyl/N-ethyl adjacent to an activating group) is 1. The van der Waals surface area contributed by atoms with Gasteiger partial charge in [-0.15, -0.1) is 0 Å². The Kier molecular flexibility index (Phi) is 5.07. The predicted octanol–water partition coefficient (Wildman–Crippen LogP) is 2.51. The number of aromatic nitrogens is 2. The summed E-state index contributed by atoms with van der Waals surface area (Å²) in [4.78, 5) is 8.39. The summed E-state index contributed by atoms with van der Waals surface area (Å²) < 4.78 is 0. The molecule has 0 aliphatic rings. The first-order chi connectivity index (χ1) is 9.76. The van der Waals surface area contributed by atoms with Crippen molar-refractivity contribution in [2.45, 2.75) is 32.7 Å². The maximum absolute atomic E-state index is 6.03. The van der Waals surface area contributed by atoms with Crippen LogP contribution < -0.4 is 11.1 Å². The van der Waals surface area contributed by atoms with Gasteiger partial charge in [-0.25, -0.2) is 0 Å². The van der Waals surface area contributed by atoms with E-state index in [1.807, 2.05) is 24.7 Å². The van der Waals surface area contributed by atoms with Gasteiger partial charge in [-0.1, -0.05) is 13.8 Å². The van der Waals surface area contributed by atoms with Crippen LogP contribution in [0.5, 0.6) is 0 Å². The minimum atomic E-state index is 0.240. The number of nitrogen functional groups attached to an aromatic ring is 1. The molecule has 0 bridgehead atoms. The van der Waals surface area contributed by atoms with Crippen LogP contribution in [-0.4, -0.2) is 16.5 Å². The summed E-state index contributed by atoms with van der Waals surface area (Å²) in [5.41, 5.74) is 10.5. The van der Waals surface area contributed by atoms with Crippen molar-refractivity contribution in [1.29, 1.82) is 0 Å². The topological polar surface area (TPSA) is 63.8 Å². The molecule has 0 saturated heterocycles. The van der Waals surface area contributed by atoms with Crippen LogP contribution in [0.4, 0.5) is 5.69 Å². The lowest BCUT2D eigenvalue weighted by atomic mass is 9.95.